The minimum atomic E-state index is -0.0893. The van der Waals surface area contributed by atoms with Gasteiger partial charge in [0.05, 0.1) is 13.2 Å². The smallest absolute Gasteiger partial charge is 0.243 e. The van der Waals surface area contributed by atoms with E-state index in [4.69, 9.17) is 4.74 Å². The van der Waals surface area contributed by atoms with Gasteiger partial charge in [0, 0.05) is 18.6 Å². The van der Waals surface area contributed by atoms with E-state index in [2.05, 4.69) is 37.8 Å². The molecule has 1 aromatic carbocycles. The molecular weight excluding hydrogens is 320 g/mol. The summed E-state index contributed by atoms with van der Waals surface area (Å²) in [6.07, 6.45) is 4.75. The molecule has 4 rings (SSSR count). The summed E-state index contributed by atoms with van der Waals surface area (Å²) in [4.78, 5) is 16.2. The number of methoxy groups -OCH3 is 1. The van der Waals surface area contributed by atoms with Crippen molar-refractivity contribution in [2.45, 2.75) is 43.9 Å². The standard InChI is InChI=1S/C17H22N6O2/c1-25-14-4-2-3-12(9-14)17-15(7-8-22(17)13-5-6-13)20-16(24)10-23-19-11-18-21-23/h2-4,9,11,13,15,17H,5-8,10H2,1H3,(H,20,24)/t15-,17+/m0/s1. The zero-order chi connectivity index (χ0) is 17.2. The highest BCUT2D eigenvalue weighted by atomic mass is 16.5. The van der Waals surface area contributed by atoms with Crippen molar-refractivity contribution in [1.82, 2.24) is 30.4 Å². The van der Waals surface area contributed by atoms with Gasteiger partial charge < -0.3 is 10.1 Å². The molecule has 1 amide bonds. The highest BCUT2D eigenvalue weighted by molar-refractivity contribution is 5.76. The van der Waals surface area contributed by atoms with Gasteiger partial charge in [0.2, 0.25) is 5.91 Å². The molecule has 2 fully saturated rings. The Morgan fingerprint density at radius 1 is 1.36 bits per heavy atom. The Labute approximate surface area is 146 Å². The first-order valence-electron chi connectivity index (χ1n) is 8.64. The topological polar surface area (TPSA) is 85.2 Å². The van der Waals surface area contributed by atoms with Crippen molar-refractivity contribution in [2.75, 3.05) is 13.7 Å². The van der Waals surface area contributed by atoms with Crippen LogP contribution in [0.3, 0.4) is 0 Å². The SMILES string of the molecule is COc1cccc([C@@H]2[C@@H](NC(=O)Cn3ncnn3)CCN2C2CC2)c1. The van der Waals surface area contributed by atoms with Gasteiger partial charge in [0.15, 0.2) is 6.33 Å². The van der Waals surface area contributed by atoms with E-state index >= 15 is 0 Å². The lowest BCUT2D eigenvalue weighted by Crippen LogP contribution is -2.41. The lowest BCUT2D eigenvalue weighted by Gasteiger charge is -2.29. The number of ether oxygens (including phenoxy) is 1. The number of tetrazole rings is 1. The molecule has 2 aliphatic rings. The summed E-state index contributed by atoms with van der Waals surface area (Å²) < 4.78 is 5.38. The van der Waals surface area contributed by atoms with Crippen LogP contribution in [0.15, 0.2) is 30.6 Å². The number of nitrogens with zero attached hydrogens (tertiary/aromatic N) is 5. The Kier molecular flexibility index (Phi) is 4.35. The van der Waals surface area contributed by atoms with Crippen LogP contribution in [0.4, 0.5) is 0 Å². The number of carbonyl (C=O) groups is 1. The molecule has 0 unspecified atom stereocenters. The number of nitrogens with one attached hydrogen (secondary N) is 1. The van der Waals surface area contributed by atoms with Crippen molar-refractivity contribution < 1.29 is 9.53 Å². The van der Waals surface area contributed by atoms with Gasteiger partial charge >= 0.3 is 0 Å². The predicted molar refractivity (Wildman–Crippen MR) is 89.8 cm³/mol. The predicted octanol–water partition coefficient (Wildman–Crippen LogP) is 0.776. The van der Waals surface area contributed by atoms with Gasteiger partial charge in [0.25, 0.3) is 0 Å². The second-order valence-corrected chi connectivity index (χ2v) is 6.62. The largest absolute Gasteiger partial charge is 0.497 e. The van der Waals surface area contributed by atoms with Crippen LogP contribution in [-0.2, 0) is 11.3 Å². The first-order chi connectivity index (χ1) is 12.2. The average Bonchev–Trinajstić information content (AvgIpc) is 3.19. The number of aromatic nitrogens is 4. The van der Waals surface area contributed by atoms with Crippen LogP contribution < -0.4 is 10.1 Å². The molecule has 2 heterocycles. The molecule has 2 aromatic rings. The van der Waals surface area contributed by atoms with Crippen LogP contribution in [0.25, 0.3) is 0 Å². The van der Waals surface area contributed by atoms with Gasteiger partial charge in [-0.05, 0) is 42.2 Å². The molecule has 1 aromatic heterocycles. The van der Waals surface area contributed by atoms with Crippen molar-refractivity contribution in [3.63, 3.8) is 0 Å². The second kappa shape index (κ2) is 6.79. The van der Waals surface area contributed by atoms with E-state index in [1.54, 1.807) is 7.11 Å². The fourth-order valence-corrected chi connectivity index (χ4v) is 3.67. The zero-order valence-electron chi connectivity index (χ0n) is 14.2. The maximum atomic E-state index is 12.4. The molecule has 1 aliphatic heterocycles. The molecule has 0 radical (unpaired) electrons. The summed E-state index contributed by atoms with van der Waals surface area (Å²) >= 11 is 0. The molecule has 1 saturated heterocycles. The molecule has 132 valence electrons. The molecule has 0 spiro atoms. The Balaban J connectivity index is 1.52. The molecule has 0 bridgehead atoms. The summed E-state index contributed by atoms with van der Waals surface area (Å²) in [5, 5.41) is 14.4. The molecule has 8 heteroatoms. The van der Waals surface area contributed by atoms with Crippen LogP contribution >= 0.6 is 0 Å². The maximum Gasteiger partial charge on any atom is 0.243 e. The molecule has 25 heavy (non-hydrogen) atoms. The molecule has 8 nitrogen and oxygen atoms in total. The fraction of sp³-hybridized carbons (Fsp3) is 0.529. The first-order valence-corrected chi connectivity index (χ1v) is 8.64. The van der Waals surface area contributed by atoms with Crippen LogP contribution in [0, 0.1) is 0 Å². The van der Waals surface area contributed by atoms with Crippen LogP contribution in [0.5, 0.6) is 5.75 Å². The second-order valence-electron chi connectivity index (χ2n) is 6.62. The highest BCUT2D eigenvalue weighted by Crippen LogP contribution is 2.41. The minimum absolute atomic E-state index is 0.0729. The first kappa shape index (κ1) is 16.0. The maximum absolute atomic E-state index is 12.4. The van der Waals surface area contributed by atoms with Crippen molar-refractivity contribution in [1.29, 1.82) is 0 Å². The Morgan fingerprint density at radius 3 is 2.96 bits per heavy atom. The van der Waals surface area contributed by atoms with Gasteiger partial charge in [-0.15, -0.1) is 10.2 Å². The Morgan fingerprint density at radius 2 is 2.24 bits per heavy atom. The van der Waals surface area contributed by atoms with E-state index in [0.717, 1.165) is 18.7 Å². The van der Waals surface area contributed by atoms with Crippen LogP contribution in [0.1, 0.15) is 30.9 Å². The number of hydrogen-bond acceptors (Lipinski definition) is 6. The summed E-state index contributed by atoms with van der Waals surface area (Å²) in [6.45, 7) is 1.09. The molecular formula is C17H22N6O2. The third kappa shape index (κ3) is 3.48. The minimum Gasteiger partial charge on any atom is -0.497 e. The van der Waals surface area contributed by atoms with Gasteiger partial charge in [-0.3, -0.25) is 9.69 Å². The highest BCUT2D eigenvalue weighted by Gasteiger charge is 2.43. The summed E-state index contributed by atoms with van der Waals surface area (Å²) in [7, 11) is 1.68. The fourth-order valence-electron chi connectivity index (χ4n) is 3.67. The van der Waals surface area contributed by atoms with E-state index in [9.17, 15) is 4.79 Å². The molecule has 1 N–H and O–H groups in total. The van der Waals surface area contributed by atoms with E-state index in [0.29, 0.717) is 6.04 Å². The van der Waals surface area contributed by atoms with Gasteiger partial charge in [-0.25, -0.2) is 0 Å². The van der Waals surface area contributed by atoms with E-state index < -0.39 is 0 Å². The third-order valence-corrected chi connectivity index (χ3v) is 4.91. The van der Waals surface area contributed by atoms with Crippen molar-refractivity contribution in [3.05, 3.63) is 36.2 Å². The van der Waals surface area contributed by atoms with Crippen LogP contribution in [-0.4, -0.2) is 56.8 Å². The van der Waals surface area contributed by atoms with Crippen molar-refractivity contribution in [2.24, 2.45) is 0 Å². The van der Waals surface area contributed by atoms with Crippen LogP contribution in [0.2, 0.25) is 0 Å². The number of rotatable bonds is 6. The number of amides is 1. The van der Waals surface area contributed by atoms with Gasteiger partial charge in [0.1, 0.15) is 12.3 Å². The van der Waals surface area contributed by atoms with Gasteiger partial charge in [-0.2, -0.15) is 4.80 Å². The molecule has 1 saturated carbocycles. The third-order valence-electron chi connectivity index (χ3n) is 4.91. The van der Waals surface area contributed by atoms with Crippen molar-refractivity contribution in [3.8, 4) is 5.75 Å². The number of hydrogen-bond donors (Lipinski definition) is 1. The number of carbonyl (C=O) groups excluding carboxylic acids is 1. The Bertz CT molecular complexity index is 730. The molecule has 1 aliphatic carbocycles. The van der Waals surface area contributed by atoms with Gasteiger partial charge in [-0.1, -0.05) is 12.1 Å². The zero-order valence-corrected chi connectivity index (χ0v) is 14.2. The quantitative estimate of drug-likeness (QED) is 0.835. The van der Waals surface area contributed by atoms with E-state index in [-0.39, 0.29) is 24.5 Å². The number of likely N-dealkylation sites (tertiary alicyclic amines) is 1. The van der Waals surface area contributed by atoms with E-state index in [1.165, 1.54) is 29.5 Å². The monoisotopic (exact) mass is 342 g/mol. The van der Waals surface area contributed by atoms with E-state index in [1.807, 2.05) is 12.1 Å². The normalized spacial score (nSPS) is 23.6. The number of benzene rings is 1. The van der Waals surface area contributed by atoms with Crippen molar-refractivity contribution >= 4 is 5.91 Å². The lowest BCUT2D eigenvalue weighted by molar-refractivity contribution is -0.123. The Hall–Kier alpha value is -2.48. The summed E-state index contributed by atoms with van der Waals surface area (Å²) in [5.41, 5.74) is 1.19. The average molecular weight is 342 g/mol. The summed E-state index contributed by atoms with van der Waals surface area (Å²) in [6, 6.07) is 9.03. The molecule has 2 atom stereocenters. The summed E-state index contributed by atoms with van der Waals surface area (Å²) in [5.74, 6) is 0.755. The lowest BCUT2D eigenvalue weighted by atomic mass is 9.99.